The Morgan fingerprint density at radius 3 is 2.70 bits per heavy atom. The average molecular weight is 320 g/mol. The van der Waals surface area contributed by atoms with Gasteiger partial charge in [0.15, 0.2) is 0 Å². The standard InChI is InChI=1S/C19H29FN2O/c1-14(15-5-4-10-21-12-15)11-18(23)22-13-19(2,3)16-6-8-17(20)9-7-16/h6-9,14-15,21H,4-5,10-13H2,1-3H3,(H,22,23). The van der Waals surface area contributed by atoms with Crippen LogP contribution in [0.1, 0.15) is 45.6 Å². The zero-order valence-corrected chi connectivity index (χ0v) is 14.5. The van der Waals surface area contributed by atoms with Gasteiger partial charge < -0.3 is 10.6 Å². The molecule has 0 bridgehead atoms. The average Bonchev–Trinajstić information content (AvgIpc) is 2.54. The Morgan fingerprint density at radius 1 is 1.39 bits per heavy atom. The van der Waals surface area contributed by atoms with Gasteiger partial charge in [-0.05, 0) is 55.5 Å². The van der Waals surface area contributed by atoms with Gasteiger partial charge in [0.25, 0.3) is 0 Å². The van der Waals surface area contributed by atoms with Crippen molar-refractivity contribution in [3.63, 3.8) is 0 Å². The van der Waals surface area contributed by atoms with Gasteiger partial charge in [-0.25, -0.2) is 4.39 Å². The van der Waals surface area contributed by atoms with Crippen molar-refractivity contribution in [3.05, 3.63) is 35.6 Å². The summed E-state index contributed by atoms with van der Waals surface area (Å²) < 4.78 is 13.0. The van der Waals surface area contributed by atoms with E-state index in [0.717, 1.165) is 18.7 Å². The summed E-state index contributed by atoms with van der Waals surface area (Å²) in [4.78, 5) is 12.2. The van der Waals surface area contributed by atoms with Gasteiger partial charge in [-0.2, -0.15) is 0 Å². The van der Waals surface area contributed by atoms with Crippen LogP contribution in [0.5, 0.6) is 0 Å². The molecular formula is C19H29FN2O. The van der Waals surface area contributed by atoms with Crippen molar-refractivity contribution >= 4 is 5.91 Å². The van der Waals surface area contributed by atoms with E-state index in [-0.39, 0.29) is 17.1 Å². The van der Waals surface area contributed by atoms with Gasteiger partial charge in [0, 0.05) is 18.4 Å². The van der Waals surface area contributed by atoms with Crippen LogP contribution in [0, 0.1) is 17.7 Å². The molecule has 23 heavy (non-hydrogen) atoms. The third kappa shape index (κ3) is 5.31. The quantitative estimate of drug-likeness (QED) is 0.845. The number of carbonyl (C=O) groups is 1. The zero-order chi connectivity index (χ0) is 16.9. The van der Waals surface area contributed by atoms with Gasteiger partial charge >= 0.3 is 0 Å². The predicted molar refractivity (Wildman–Crippen MR) is 91.8 cm³/mol. The number of rotatable bonds is 6. The van der Waals surface area contributed by atoms with E-state index in [0.29, 0.717) is 24.8 Å². The number of hydrogen-bond acceptors (Lipinski definition) is 2. The molecule has 3 nitrogen and oxygen atoms in total. The third-order valence-electron chi connectivity index (χ3n) is 5.00. The molecule has 2 atom stereocenters. The van der Waals surface area contributed by atoms with E-state index >= 15 is 0 Å². The maximum absolute atomic E-state index is 13.0. The summed E-state index contributed by atoms with van der Waals surface area (Å²) in [5, 5.41) is 6.46. The summed E-state index contributed by atoms with van der Waals surface area (Å²) in [6.07, 6.45) is 2.99. The maximum atomic E-state index is 13.0. The number of amides is 1. The molecule has 2 unspecified atom stereocenters. The van der Waals surface area contributed by atoms with Crippen molar-refractivity contribution in [1.82, 2.24) is 10.6 Å². The molecule has 1 aliphatic heterocycles. The summed E-state index contributed by atoms with van der Waals surface area (Å²) >= 11 is 0. The predicted octanol–water partition coefficient (Wildman–Crippen LogP) is 3.25. The van der Waals surface area contributed by atoms with E-state index in [9.17, 15) is 9.18 Å². The first kappa shape index (κ1) is 17.9. The van der Waals surface area contributed by atoms with Crippen molar-refractivity contribution in [3.8, 4) is 0 Å². The largest absolute Gasteiger partial charge is 0.355 e. The Balaban J connectivity index is 1.81. The minimum atomic E-state index is -0.233. The molecule has 0 saturated carbocycles. The van der Waals surface area contributed by atoms with Crippen LogP contribution in [0.2, 0.25) is 0 Å². The van der Waals surface area contributed by atoms with Crippen LogP contribution in [0.4, 0.5) is 4.39 Å². The molecular weight excluding hydrogens is 291 g/mol. The lowest BCUT2D eigenvalue weighted by atomic mass is 9.83. The Hall–Kier alpha value is -1.42. The smallest absolute Gasteiger partial charge is 0.220 e. The lowest BCUT2D eigenvalue weighted by molar-refractivity contribution is -0.122. The minimum Gasteiger partial charge on any atom is -0.355 e. The lowest BCUT2D eigenvalue weighted by Crippen LogP contribution is -2.39. The highest BCUT2D eigenvalue weighted by Crippen LogP contribution is 2.24. The second-order valence-electron chi connectivity index (χ2n) is 7.46. The van der Waals surface area contributed by atoms with Gasteiger partial charge in [0.2, 0.25) is 5.91 Å². The molecule has 1 fully saturated rings. The molecule has 0 aliphatic carbocycles. The molecule has 1 aliphatic rings. The molecule has 0 radical (unpaired) electrons. The van der Waals surface area contributed by atoms with E-state index in [1.165, 1.54) is 25.0 Å². The second kappa shape index (κ2) is 7.91. The van der Waals surface area contributed by atoms with E-state index < -0.39 is 0 Å². The van der Waals surface area contributed by atoms with Crippen molar-refractivity contribution < 1.29 is 9.18 Å². The van der Waals surface area contributed by atoms with E-state index in [4.69, 9.17) is 0 Å². The van der Waals surface area contributed by atoms with Crippen molar-refractivity contribution in [2.45, 2.75) is 45.4 Å². The van der Waals surface area contributed by atoms with Gasteiger partial charge in [-0.1, -0.05) is 32.9 Å². The topological polar surface area (TPSA) is 41.1 Å². The van der Waals surface area contributed by atoms with E-state index in [1.807, 2.05) is 0 Å². The highest BCUT2D eigenvalue weighted by Gasteiger charge is 2.24. The summed E-state index contributed by atoms with van der Waals surface area (Å²) in [5.74, 6) is 0.873. The molecule has 2 rings (SSSR count). The summed E-state index contributed by atoms with van der Waals surface area (Å²) in [5.41, 5.74) is 0.822. The van der Waals surface area contributed by atoms with E-state index in [1.54, 1.807) is 12.1 Å². The van der Waals surface area contributed by atoms with Gasteiger partial charge in [-0.3, -0.25) is 4.79 Å². The van der Waals surface area contributed by atoms with Crippen LogP contribution in [0.25, 0.3) is 0 Å². The van der Waals surface area contributed by atoms with Crippen LogP contribution < -0.4 is 10.6 Å². The zero-order valence-electron chi connectivity index (χ0n) is 14.5. The highest BCUT2D eigenvalue weighted by molar-refractivity contribution is 5.76. The van der Waals surface area contributed by atoms with Crippen LogP contribution >= 0.6 is 0 Å². The SMILES string of the molecule is CC(CC(=O)NCC(C)(C)c1ccc(F)cc1)C1CCCNC1. The molecule has 2 N–H and O–H groups in total. The molecule has 1 aromatic carbocycles. The fourth-order valence-electron chi connectivity index (χ4n) is 3.22. The van der Waals surface area contributed by atoms with Gasteiger partial charge in [-0.15, -0.1) is 0 Å². The van der Waals surface area contributed by atoms with Gasteiger partial charge in [0.05, 0.1) is 0 Å². The summed E-state index contributed by atoms with van der Waals surface area (Å²) in [6, 6.07) is 6.52. The van der Waals surface area contributed by atoms with Crippen LogP contribution in [-0.2, 0) is 10.2 Å². The van der Waals surface area contributed by atoms with E-state index in [2.05, 4.69) is 31.4 Å². The van der Waals surface area contributed by atoms with Gasteiger partial charge in [0.1, 0.15) is 5.82 Å². The number of piperidine rings is 1. The summed E-state index contributed by atoms with van der Waals surface area (Å²) in [7, 11) is 0. The first-order valence-electron chi connectivity index (χ1n) is 8.62. The second-order valence-corrected chi connectivity index (χ2v) is 7.46. The number of nitrogens with one attached hydrogen (secondary N) is 2. The number of carbonyl (C=O) groups excluding carboxylic acids is 1. The van der Waals surface area contributed by atoms with Crippen molar-refractivity contribution in [2.75, 3.05) is 19.6 Å². The van der Waals surface area contributed by atoms with Crippen LogP contribution in [-0.4, -0.2) is 25.5 Å². The van der Waals surface area contributed by atoms with Crippen LogP contribution in [0.3, 0.4) is 0 Å². The molecule has 0 spiro atoms. The normalized spacial score (nSPS) is 20.1. The first-order valence-corrected chi connectivity index (χ1v) is 8.62. The Kier molecular flexibility index (Phi) is 6.17. The number of halogens is 1. The summed E-state index contributed by atoms with van der Waals surface area (Å²) in [6.45, 7) is 8.98. The Morgan fingerprint density at radius 2 is 2.09 bits per heavy atom. The highest BCUT2D eigenvalue weighted by atomic mass is 19.1. The minimum absolute atomic E-state index is 0.110. The Bertz CT molecular complexity index is 507. The molecule has 128 valence electrons. The molecule has 1 amide bonds. The first-order chi connectivity index (χ1) is 10.9. The van der Waals surface area contributed by atoms with Crippen LogP contribution in [0.15, 0.2) is 24.3 Å². The number of hydrogen-bond donors (Lipinski definition) is 2. The lowest BCUT2D eigenvalue weighted by Gasteiger charge is -2.29. The molecule has 0 aromatic heterocycles. The number of benzene rings is 1. The molecule has 1 saturated heterocycles. The van der Waals surface area contributed by atoms with Crippen molar-refractivity contribution in [2.24, 2.45) is 11.8 Å². The monoisotopic (exact) mass is 320 g/mol. The third-order valence-corrected chi connectivity index (χ3v) is 5.00. The molecule has 4 heteroatoms. The fourth-order valence-corrected chi connectivity index (χ4v) is 3.22. The maximum Gasteiger partial charge on any atom is 0.220 e. The fraction of sp³-hybridized carbons (Fsp3) is 0.632. The molecule has 1 aromatic rings. The van der Waals surface area contributed by atoms with Crippen molar-refractivity contribution in [1.29, 1.82) is 0 Å². The molecule has 1 heterocycles. The Labute approximate surface area is 139 Å².